The predicted molar refractivity (Wildman–Crippen MR) is 107 cm³/mol. The van der Waals surface area contributed by atoms with Crippen molar-refractivity contribution in [1.82, 2.24) is 19.9 Å². The van der Waals surface area contributed by atoms with Gasteiger partial charge in [-0.2, -0.15) is 18.4 Å². The van der Waals surface area contributed by atoms with E-state index in [0.717, 1.165) is 6.20 Å². The summed E-state index contributed by atoms with van der Waals surface area (Å²) in [6.45, 7) is 2.97. The second-order valence-corrected chi connectivity index (χ2v) is 7.20. The van der Waals surface area contributed by atoms with E-state index in [1.165, 1.54) is 26.1 Å². The molecule has 0 fully saturated rings. The summed E-state index contributed by atoms with van der Waals surface area (Å²) >= 11 is 0. The monoisotopic (exact) mass is 429 g/mol. The first kappa shape index (κ1) is 21.9. The molecule has 31 heavy (non-hydrogen) atoms. The minimum atomic E-state index is -4.75. The number of nitriles is 1. The molecule has 0 radical (unpaired) electrons. The number of hydrogen-bond acceptors (Lipinski definition) is 8. The predicted octanol–water partition coefficient (Wildman–Crippen LogP) is 3.75. The van der Waals surface area contributed by atoms with E-state index in [1.807, 2.05) is 6.07 Å². The first-order valence-electron chi connectivity index (χ1n) is 9.06. The van der Waals surface area contributed by atoms with Crippen LogP contribution in [0.3, 0.4) is 0 Å². The third-order valence-corrected chi connectivity index (χ3v) is 3.94. The zero-order valence-electron chi connectivity index (χ0n) is 16.6. The van der Waals surface area contributed by atoms with Gasteiger partial charge < -0.3 is 15.7 Å². The minimum Gasteiger partial charge on any atom is -0.389 e. The highest BCUT2D eigenvalue weighted by Crippen LogP contribution is 2.35. The molecule has 8 nitrogen and oxygen atoms in total. The summed E-state index contributed by atoms with van der Waals surface area (Å²) in [7, 11) is 0. The summed E-state index contributed by atoms with van der Waals surface area (Å²) in [6.07, 6.45) is -2.42. The van der Waals surface area contributed by atoms with E-state index in [0.29, 0.717) is 11.3 Å². The van der Waals surface area contributed by atoms with Crippen molar-refractivity contribution < 1.29 is 18.3 Å². The number of halogens is 3. The molecule has 0 aliphatic rings. The minimum absolute atomic E-state index is 0.0208. The Labute approximate surface area is 175 Å². The second kappa shape index (κ2) is 8.53. The zero-order valence-corrected chi connectivity index (χ0v) is 16.6. The standard InChI is InChI=1S/C20H18F3N7O/c1-19(2,31)11-27-17-26-10-14(16(30-17)20(21,22)23)15-7-8-25-18(29-15)28-13-5-3-12(9-24)4-6-13/h3-8,10,31H,11H2,1-2H3,(H,25,28,29)(H,26,27,30). The van der Waals surface area contributed by atoms with Crippen molar-refractivity contribution >= 4 is 17.6 Å². The summed E-state index contributed by atoms with van der Waals surface area (Å²) in [6, 6.07) is 9.74. The third kappa shape index (κ3) is 5.86. The van der Waals surface area contributed by atoms with Crippen LogP contribution in [0.4, 0.5) is 30.8 Å². The van der Waals surface area contributed by atoms with Crippen LogP contribution in [-0.4, -0.2) is 37.2 Å². The van der Waals surface area contributed by atoms with E-state index in [2.05, 4.69) is 30.6 Å². The Bertz CT molecular complexity index is 1100. The lowest BCUT2D eigenvalue weighted by atomic mass is 10.1. The summed E-state index contributed by atoms with van der Waals surface area (Å²) < 4.78 is 41.0. The average Bonchev–Trinajstić information content (AvgIpc) is 2.72. The van der Waals surface area contributed by atoms with Crippen LogP contribution in [0.25, 0.3) is 11.3 Å². The maximum atomic E-state index is 13.7. The fourth-order valence-corrected chi connectivity index (χ4v) is 2.49. The number of aliphatic hydroxyl groups is 1. The van der Waals surface area contributed by atoms with Crippen LogP contribution in [-0.2, 0) is 6.18 Å². The van der Waals surface area contributed by atoms with Gasteiger partial charge in [-0.15, -0.1) is 0 Å². The Kier molecular flexibility index (Phi) is 6.03. The summed E-state index contributed by atoms with van der Waals surface area (Å²) in [4.78, 5) is 15.7. The molecule has 2 aromatic heterocycles. The number of nitrogens with zero attached hydrogens (tertiary/aromatic N) is 5. The average molecular weight is 429 g/mol. The highest BCUT2D eigenvalue weighted by molar-refractivity contribution is 5.65. The molecule has 3 aromatic rings. The van der Waals surface area contributed by atoms with Gasteiger partial charge in [-0.25, -0.2) is 19.9 Å². The van der Waals surface area contributed by atoms with Crippen molar-refractivity contribution in [2.75, 3.05) is 17.2 Å². The molecule has 0 saturated heterocycles. The number of hydrogen-bond donors (Lipinski definition) is 3. The van der Waals surface area contributed by atoms with Crippen LogP contribution in [0.1, 0.15) is 25.1 Å². The molecule has 0 unspecified atom stereocenters. The Balaban J connectivity index is 1.92. The smallest absolute Gasteiger partial charge is 0.389 e. The van der Waals surface area contributed by atoms with Crippen LogP contribution < -0.4 is 10.6 Å². The number of alkyl halides is 3. The molecule has 2 heterocycles. The molecule has 3 N–H and O–H groups in total. The molecular weight excluding hydrogens is 411 g/mol. The highest BCUT2D eigenvalue weighted by atomic mass is 19.4. The van der Waals surface area contributed by atoms with Gasteiger partial charge in [0.15, 0.2) is 5.69 Å². The van der Waals surface area contributed by atoms with Crippen molar-refractivity contribution in [2.24, 2.45) is 0 Å². The maximum absolute atomic E-state index is 13.7. The van der Waals surface area contributed by atoms with E-state index in [9.17, 15) is 18.3 Å². The largest absolute Gasteiger partial charge is 0.434 e. The number of rotatable bonds is 6. The van der Waals surface area contributed by atoms with Gasteiger partial charge in [0, 0.05) is 30.2 Å². The molecule has 0 saturated carbocycles. The molecule has 1 aromatic carbocycles. The number of anilines is 3. The third-order valence-electron chi connectivity index (χ3n) is 3.94. The van der Waals surface area contributed by atoms with Gasteiger partial charge in [-0.05, 0) is 44.2 Å². The van der Waals surface area contributed by atoms with Gasteiger partial charge in [0.2, 0.25) is 11.9 Å². The van der Waals surface area contributed by atoms with Crippen LogP contribution >= 0.6 is 0 Å². The van der Waals surface area contributed by atoms with Crippen molar-refractivity contribution in [2.45, 2.75) is 25.6 Å². The normalized spacial score (nSPS) is 11.6. The van der Waals surface area contributed by atoms with Crippen LogP contribution in [0, 0.1) is 11.3 Å². The quantitative estimate of drug-likeness (QED) is 0.542. The summed E-state index contributed by atoms with van der Waals surface area (Å²) in [5, 5.41) is 24.1. The topological polar surface area (TPSA) is 120 Å². The summed E-state index contributed by atoms with van der Waals surface area (Å²) in [5.74, 6) is -0.192. The molecule has 11 heteroatoms. The molecular formula is C20H18F3N7O. The lowest BCUT2D eigenvalue weighted by molar-refractivity contribution is -0.140. The maximum Gasteiger partial charge on any atom is 0.434 e. The van der Waals surface area contributed by atoms with E-state index in [1.54, 1.807) is 24.3 Å². The Hall–Kier alpha value is -3.78. The number of aromatic nitrogens is 4. The van der Waals surface area contributed by atoms with Crippen molar-refractivity contribution in [3.05, 3.63) is 54.0 Å². The highest BCUT2D eigenvalue weighted by Gasteiger charge is 2.37. The molecule has 0 bridgehead atoms. The van der Waals surface area contributed by atoms with E-state index >= 15 is 0 Å². The van der Waals surface area contributed by atoms with Crippen LogP contribution in [0.5, 0.6) is 0 Å². The molecule has 160 valence electrons. The Morgan fingerprint density at radius 2 is 1.74 bits per heavy atom. The molecule has 0 aliphatic heterocycles. The van der Waals surface area contributed by atoms with Crippen LogP contribution in [0.2, 0.25) is 0 Å². The molecule has 0 spiro atoms. The van der Waals surface area contributed by atoms with Gasteiger partial charge in [0.25, 0.3) is 0 Å². The van der Waals surface area contributed by atoms with Crippen molar-refractivity contribution in [3.8, 4) is 17.3 Å². The molecule has 0 aliphatic carbocycles. The van der Waals surface area contributed by atoms with Crippen LogP contribution in [0.15, 0.2) is 42.7 Å². The van der Waals surface area contributed by atoms with Gasteiger partial charge in [0.1, 0.15) is 0 Å². The van der Waals surface area contributed by atoms with Gasteiger partial charge in [0.05, 0.1) is 22.9 Å². The SMILES string of the molecule is CC(C)(O)CNc1ncc(-c2ccnc(Nc3ccc(C#N)cc3)n2)c(C(F)(F)F)n1. The van der Waals surface area contributed by atoms with Gasteiger partial charge >= 0.3 is 6.18 Å². The van der Waals surface area contributed by atoms with Gasteiger partial charge in [-0.1, -0.05) is 0 Å². The number of nitrogens with one attached hydrogen (secondary N) is 2. The second-order valence-electron chi connectivity index (χ2n) is 7.20. The molecule has 3 rings (SSSR count). The lowest BCUT2D eigenvalue weighted by Gasteiger charge is -2.18. The number of benzene rings is 1. The lowest BCUT2D eigenvalue weighted by Crippen LogP contribution is -2.30. The first-order valence-corrected chi connectivity index (χ1v) is 9.06. The first-order chi connectivity index (χ1) is 14.5. The summed E-state index contributed by atoms with van der Waals surface area (Å²) in [5.41, 5.74) is -1.62. The molecule has 0 atom stereocenters. The van der Waals surface area contributed by atoms with E-state index in [4.69, 9.17) is 5.26 Å². The van der Waals surface area contributed by atoms with E-state index in [-0.39, 0.29) is 29.7 Å². The van der Waals surface area contributed by atoms with E-state index < -0.39 is 17.5 Å². The molecule has 0 amide bonds. The fraction of sp³-hybridized carbons (Fsp3) is 0.250. The fourth-order valence-electron chi connectivity index (χ4n) is 2.49. The zero-order chi connectivity index (χ0) is 22.6. The Morgan fingerprint density at radius 3 is 2.35 bits per heavy atom. The van der Waals surface area contributed by atoms with Crippen molar-refractivity contribution in [1.29, 1.82) is 5.26 Å². The van der Waals surface area contributed by atoms with Gasteiger partial charge in [-0.3, -0.25) is 0 Å². The van der Waals surface area contributed by atoms with Crippen molar-refractivity contribution in [3.63, 3.8) is 0 Å². The Morgan fingerprint density at radius 1 is 1.03 bits per heavy atom.